The smallest absolute Gasteiger partial charge is 0.136 e. The zero-order chi connectivity index (χ0) is 18.6. The van der Waals surface area contributed by atoms with Gasteiger partial charge in [0.1, 0.15) is 5.67 Å². The SMILES string of the molecule is CCCCC1CCC(C2(F)C=CC(C(=O)[O-])=C(c3ccccc3)C2)CC1. The second kappa shape index (κ2) is 8.20. The molecule has 0 N–H and O–H groups in total. The van der Waals surface area contributed by atoms with Crippen LogP contribution in [0.5, 0.6) is 0 Å². The molecular weight excluding hydrogens is 327 g/mol. The molecule has 1 unspecified atom stereocenters. The molecule has 2 aliphatic rings. The van der Waals surface area contributed by atoms with Crippen LogP contribution in [0.2, 0.25) is 0 Å². The van der Waals surface area contributed by atoms with E-state index in [9.17, 15) is 9.90 Å². The Hall–Kier alpha value is -1.90. The molecule has 3 heteroatoms. The monoisotopic (exact) mass is 355 g/mol. The highest BCUT2D eigenvalue weighted by Gasteiger charge is 2.41. The third-order valence-electron chi connectivity index (χ3n) is 6.13. The molecule has 1 fully saturated rings. The first-order valence-electron chi connectivity index (χ1n) is 9.91. The fourth-order valence-corrected chi connectivity index (χ4v) is 4.54. The van der Waals surface area contributed by atoms with E-state index < -0.39 is 11.6 Å². The molecule has 1 saturated carbocycles. The second-order valence-corrected chi connectivity index (χ2v) is 7.84. The lowest BCUT2D eigenvalue weighted by Gasteiger charge is -2.39. The van der Waals surface area contributed by atoms with E-state index in [-0.39, 0.29) is 17.9 Å². The van der Waals surface area contributed by atoms with Gasteiger partial charge in [0.2, 0.25) is 0 Å². The predicted molar refractivity (Wildman–Crippen MR) is 101 cm³/mol. The van der Waals surface area contributed by atoms with Crippen molar-refractivity contribution in [1.82, 2.24) is 0 Å². The summed E-state index contributed by atoms with van der Waals surface area (Å²) < 4.78 is 15.9. The molecule has 3 rings (SSSR count). The van der Waals surface area contributed by atoms with Crippen molar-refractivity contribution >= 4 is 11.5 Å². The lowest BCUT2D eigenvalue weighted by atomic mass is 9.69. The number of carbonyl (C=O) groups is 1. The van der Waals surface area contributed by atoms with Gasteiger partial charge in [0.15, 0.2) is 0 Å². The summed E-state index contributed by atoms with van der Waals surface area (Å²) in [5.74, 6) is -0.533. The van der Waals surface area contributed by atoms with Crippen LogP contribution < -0.4 is 5.11 Å². The van der Waals surface area contributed by atoms with E-state index in [1.54, 1.807) is 0 Å². The molecule has 1 aromatic rings. The Balaban J connectivity index is 1.77. The molecule has 0 amide bonds. The Bertz CT molecular complexity index is 683. The fraction of sp³-hybridized carbons (Fsp3) is 0.522. The molecule has 1 atom stereocenters. The zero-order valence-corrected chi connectivity index (χ0v) is 15.5. The van der Waals surface area contributed by atoms with Crippen molar-refractivity contribution in [3.8, 4) is 0 Å². The quantitative estimate of drug-likeness (QED) is 0.731. The number of alkyl halides is 1. The number of benzene rings is 1. The highest BCUT2D eigenvalue weighted by atomic mass is 19.1. The topological polar surface area (TPSA) is 40.1 Å². The van der Waals surface area contributed by atoms with Crippen LogP contribution in [0.25, 0.3) is 5.57 Å². The fourth-order valence-electron chi connectivity index (χ4n) is 4.54. The first-order chi connectivity index (χ1) is 12.5. The van der Waals surface area contributed by atoms with Gasteiger partial charge < -0.3 is 9.90 Å². The Kier molecular flexibility index (Phi) is 5.95. The molecule has 140 valence electrons. The highest BCUT2D eigenvalue weighted by Crippen LogP contribution is 2.46. The van der Waals surface area contributed by atoms with Crippen LogP contribution >= 0.6 is 0 Å². The average molecular weight is 355 g/mol. The summed E-state index contributed by atoms with van der Waals surface area (Å²) in [5, 5.41) is 11.5. The Morgan fingerprint density at radius 3 is 2.50 bits per heavy atom. The number of halogens is 1. The van der Waals surface area contributed by atoms with Crippen LogP contribution in [0.15, 0.2) is 48.1 Å². The van der Waals surface area contributed by atoms with E-state index in [1.807, 2.05) is 30.3 Å². The maximum absolute atomic E-state index is 15.9. The number of carbonyl (C=O) groups excluding carboxylic acids is 1. The first kappa shape index (κ1) is 18.9. The molecule has 2 aliphatic carbocycles. The van der Waals surface area contributed by atoms with E-state index in [1.165, 1.54) is 31.4 Å². The lowest BCUT2D eigenvalue weighted by molar-refractivity contribution is -0.298. The summed E-state index contributed by atoms with van der Waals surface area (Å²) in [7, 11) is 0. The minimum atomic E-state index is -1.46. The molecule has 26 heavy (non-hydrogen) atoms. The number of hydrogen-bond donors (Lipinski definition) is 0. The molecule has 0 heterocycles. The van der Waals surface area contributed by atoms with Gasteiger partial charge in [0.05, 0.1) is 5.97 Å². The molecule has 0 saturated heterocycles. The van der Waals surface area contributed by atoms with Gasteiger partial charge in [-0.05, 0) is 41.9 Å². The van der Waals surface area contributed by atoms with Gasteiger partial charge in [0.25, 0.3) is 0 Å². The van der Waals surface area contributed by atoms with Crippen LogP contribution in [0.4, 0.5) is 4.39 Å². The van der Waals surface area contributed by atoms with Crippen molar-refractivity contribution < 1.29 is 14.3 Å². The minimum Gasteiger partial charge on any atom is -0.545 e. The van der Waals surface area contributed by atoms with Crippen LogP contribution in [-0.2, 0) is 4.79 Å². The highest BCUT2D eigenvalue weighted by molar-refractivity contribution is 5.99. The van der Waals surface area contributed by atoms with Gasteiger partial charge in [-0.1, -0.05) is 75.4 Å². The van der Waals surface area contributed by atoms with Crippen molar-refractivity contribution in [3.05, 3.63) is 53.6 Å². The van der Waals surface area contributed by atoms with E-state index in [4.69, 9.17) is 0 Å². The number of rotatable bonds is 6. The average Bonchev–Trinajstić information content (AvgIpc) is 2.67. The Morgan fingerprint density at radius 2 is 1.88 bits per heavy atom. The van der Waals surface area contributed by atoms with Crippen molar-refractivity contribution in [2.45, 2.75) is 64.0 Å². The normalized spacial score (nSPS) is 29.0. The van der Waals surface area contributed by atoms with Gasteiger partial charge in [-0.25, -0.2) is 4.39 Å². The summed E-state index contributed by atoms with van der Waals surface area (Å²) >= 11 is 0. The van der Waals surface area contributed by atoms with Crippen LogP contribution in [0.3, 0.4) is 0 Å². The van der Waals surface area contributed by atoms with Crippen LogP contribution in [0.1, 0.15) is 63.9 Å². The largest absolute Gasteiger partial charge is 0.545 e. The molecule has 0 bridgehead atoms. The molecule has 2 nitrogen and oxygen atoms in total. The third kappa shape index (κ3) is 4.08. The molecule has 1 aromatic carbocycles. The van der Waals surface area contributed by atoms with Crippen molar-refractivity contribution in [2.24, 2.45) is 11.8 Å². The summed E-state index contributed by atoms with van der Waals surface area (Å²) in [4.78, 5) is 11.5. The number of hydrogen-bond acceptors (Lipinski definition) is 2. The summed E-state index contributed by atoms with van der Waals surface area (Å²) in [5.41, 5.74) is -0.0145. The van der Waals surface area contributed by atoms with Gasteiger partial charge in [-0.2, -0.15) is 0 Å². The van der Waals surface area contributed by atoms with E-state index in [0.29, 0.717) is 5.57 Å². The van der Waals surface area contributed by atoms with E-state index in [0.717, 1.165) is 37.2 Å². The standard InChI is InChI=1S/C23H29FO2/c1-2-3-7-17-10-12-19(13-11-17)23(24)15-14-20(22(25)26)21(16-23)18-8-5-4-6-9-18/h4-6,8-9,14-15,17,19H,2-3,7,10-13,16H2,1H3,(H,25,26)/p-1. The number of unbranched alkanes of at least 4 members (excludes halogenated alkanes) is 1. The number of allylic oxidation sites excluding steroid dienone is 2. The molecular formula is C23H28FO2-. The number of aliphatic carboxylic acids is 1. The summed E-state index contributed by atoms with van der Waals surface area (Å²) in [6.07, 6.45) is 10.7. The predicted octanol–water partition coefficient (Wildman–Crippen LogP) is 4.85. The third-order valence-corrected chi connectivity index (χ3v) is 6.13. The van der Waals surface area contributed by atoms with Gasteiger partial charge in [-0.3, -0.25) is 0 Å². The molecule has 0 spiro atoms. The summed E-state index contributed by atoms with van der Waals surface area (Å²) in [6, 6.07) is 9.28. The molecule has 0 radical (unpaired) electrons. The van der Waals surface area contributed by atoms with Crippen LogP contribution in [-0.4, -0.2) is 11.6 Å². The lowest BCUT2D eigenvalue weighted by Crippen LogP contribution is -2.37. The van der Waals surface area contributed by atoms with Crippen molar-refractivity contribution in [2.75, 3.05) is 0 Å². The van der Waals surface area contributed by atoms with Crippen molar-refractivity contribution in [3.63, 3.8) is 0 Å². The minimum absolute atomic E-state index is 0.0290. The number of carboxylic acids is 1. The van der Waals surface area contributed by atoms with Gasteiger partial charge >= 0.3 is 0 Å². The maximum atomic E-state index is 15.9. The van der Waals surface area contributed by atoms with Crippen molar-refractivity contribution in [1.29, 1.82) is 0 Å². The van der Waals surface area contributed by atoms with E-state index >= 15 is 4.39 Å². The van der Waals surface area contributed by atoms with E-state index in [2.05, 4.69) is 6.92 Å². The van der Waals surface area contributed by atoms with Crippen LogP contribution in [0, 0.1) is 11.8 Å². The summed E-state index contributed by atoms with van der Waals surface area (Å²) in [6.45, 7) is 2.21. The van der Waals surface area contributed by atoms with Gasteiger partial charge in [0, 0.05) is 12.0 Å². The molecule has 0 aliphatic heterocycles. The molecule has 0 aromatic heterocycles. The van der Waals surface area contributed by atoms with Gasteiger partial charge in [-0.15, -0.1) is 0 Å². The first-order valence-corrected chi connectivity index (χ1v) is 9.91. The Labute approximate surface area is 155 Å². The maximum Gasteiger partial charge on any atom is 0.136 e. The number of carboxylic acid groups (broad SMARTS) is 1. The second-order valence-electron chi connectivity index (χ2n) is 7.84. The zero-order valence-electron chi connectivity index (χ0n) is 15.5. The Morgan fingerprint density at radius 1 is 1.19 bits per heavy atom.